The zero-order valence-corrected chi connectivity index (χ0v) is 23.6. The number of halogens is 2. The van der Waals surface area contributed by atoms with Crippen molar-refractivity contribution in [3.8, 4) is 22.5 Å². The molecule has 3 aromatic carbocycles. The number of hydrogen-bond acceptors (Lipinski definition) is 7. The smallest absolute Gasteiger partial charge is 0.323 e. The summed E-state index contributed by atoms with van der Waals surface area (Å²) in [6.45, 7) is 2.31. The first kappa shape index (κ1) is 28.6. The Morgan fingerprint density at radius 1 is 0.886 bits per heavy atom. The monoisotopic (exact) mass is 595 g/mol. The van der Waals surface area contributed by atoms with Gasteiger partial charge in [0.15, 0.2) is 5.82 Å². The maximum atomic E-state index is 15.3. The number of nitrogens with zero attached hydrogens (tertiary/aromatic N) is 4. The fraction of sp³-hybridized carbons (Fsp3) is 0.156. The topological polar surface area (TPSA) is 121 Å². The van der Waals surface area contributed by atoms with Crippen LogP contribution in [0, 0.1) is 11.8 Å². The molecule has 0 aliphatic carbocycles. The maximum absolute atomic E-state index is 15.3. The van der Waals surface area contributed by atoms with Gasteiger partial charge in [0.1, 0.15) is 11.6 Å². The minimum Gasteiger partial charge on any atom is -0.378 e. The average molecular weight is 596 g/mol. The van der Waals surface area contributed by atoms with E-state index in [0.717, 1.165) is 5.39 Å². The summed E-state index contributed by atoms with van der Waals surface area (Å²) in [6, 6.07) is 18.6. The van der Waals surface area contributed by atoms with E-state index in [-0.39, 0.29) is 17.4 Å². The van der Waals surface area contributed by atoms with Crippen molar-refractivity contribution in [3.05, 3.63) is 96.3 Å². The lowest BCUT2D eigenvalue weighted by Crippen LogP contribution is -2.37. The molecular weight excluding hydrogens is 568 g/mol. The largest absolute Gasteiger partial charge is 0.378 e. The molecule has 2 aromatic heterocycles. The van der Waals surface area contributed by atoms with Gasteiger partial charge in [-0.3, -0.25) is 4.79 Å². The highest BCUT2D eigenvalue weighted by atomic mass is 19.1. The molecule has 0 saturated carbocycles. The van der Waals surface area contributed by atoms with Gasteiger partial charge in [0.05, 0.1) is 24.4 Å². The van der Waals surface area contributed by atoms with Crippen LogP contribution in [0.4, 0.5) is 30.8 Å². The zero-order chi connectivity index (χ0) is 30.6. The highest BCUT2D eigenvalue weighted by molar-refractivity contribution is 6.01. The van der Waals surface area contributed by atoms with Crippen LogP contribution in [0.3, 0.4) is 0 Å². The Labute approximate surface area is 251 Å². The number of pyridine rings is 1. The van der Waals surface area contributed by atoms with Crippen molar-refractivity contribution >= 4 is 40.0 Å². The number of morpholine rings is 1. The lowest BCUT2D eigenvalue weighted by Gasteiger charge is -2.29. The molecule has 1 saturated heterocycles. The van der Waals surface area contributed by atoms with Gasteiger partial charge < -0.3 is 25.6 Å². The number of nitrogens with one attached hydrogen (secondary N) is 3. The number of amides is 3. The molecule has 44 heavy (non-hydrogen) atoms. The number of carbonyl (C=O) groups is 2. The summed E-state index contributed by atoms with van der Waals surface area (Å²) in [5, 5.41) is 8.41. The molecule has 3 N–H and O–H groups in total. The molecule has 0 unspecified atom stereocenters. The first-order valence-electron chi connectivity index (χ1n) is 13.8. The Bertz CT molecular complexity index is 1860. The van der Waals surface area contributed by atoms with Crippen LogP contribution in [-0.4, -0.2) is 60.2 Å². The zero-order valence-electron chi connectivity index (χ0n) is 23.6. The van der Waals surface area contributed by atoms with Crippen LogP contribution in [0.1, 0.15) is 10.4 Å². The first-order chi connectivity index (χ1) is 21.4. The molecule has 1 fully saturated rings. The van der Waals surface area contributed by atoms with Crippen LogP contribution in [-0.2, 0) is 4.74 Å². The van der Waals surface area contributed by atoms with Gasteiger partial charge in [0.25, 0.3) is 5.91 Å². The van der Waals surface area contributed by atoms with Crippen LogP contribution in [0.15, 0.2) is 79.0 Å². The fourth-order valence-corrected chi connectivity index (χ4v) is 4.92. The Hall–Kier alpha value is -5.49. The molecule has 0 atom stereocenters. The predicted molar refractivity (Wildman–Crippen MR) is 164 cm³/mol. The SMILES string of the molecule is CNC(=O)c1ccc(NC(=O)Nc2ccc(-c3nc(N4CCOCC4)c4ccc(-c5cccnc5F)cc4n3)cc2F)cc1. The van der Waals surface area contributed by atoms with Crippen LogP contribution in [0.5, 0.6) is 0 Å². The second-order valence-electron chi connectivity index (χ2n) is 9.97. The second-order valence-corrected chi connectivity index (χ2v) is 9.97. The van der Waals surface area contributed by atoms with Gasteiger partial charge in [-0.2, -0.15) is 4.39 Å². The van der Waals surface area contributed by atoms with Crippen molar-refractivity contribution in [1.29, 1.82) is 0 Å². The minimum atomic E-state index is -0.685. The molecule has 6 rings (SSSR count). The summed E-state index contributed by atoms with van der Waals surface area (Å²) >= 11 is 0. The van der Waals surface area contributed by atoms with E-state index >= 15 is 4.39 Å². The molecule has 3 amide bonds. The number of rotatable bonds is 6. The molecular formula is C32H27F2N7O3. The van der Waals surface area contributed by atoms with Crippen molar-refractivity contribution in [1.82, 2.24) is 20.3 Å². The Kier molecular flexibility index (Phi) is 8.06. The van der Waals surface area contributed by atoms with E-state index in [9.17, 15) is 14.0 Å². The van der Waals surface area contributed by atoms with E-state index in [1.165, 1.54) is 25.4 Å². The Morgan fingerprint density at radius 2 is 1.66 bits per heavy atom. The molecule has 3 heterocycles. The van der Waals surface area contributed by atoms with Crippen molar-refractivity contribution in [3.63, 3.8) is 0 Å². The Morgan fingerprint density at radius 3 is 2.39 bits per heavy atom. The molecule has 12 heteroatoms. The fourth-order valence-electron chi connectivity index (χ4n) is 4.92. The van der Waals surface area contributed by atoms with Crippen LogP contribution in [0.25, 0.3) is 33.4 Å². The first-order valence-corrected chi connectivity index (χ1v) is 13.8. The molecule has 1 aliphatic rings. The number of hydrogen-bond donors (Lipinski definition) is 3. The van der Waals surface area contributed by atoms with Gasteiger partial charge in [-0.05, 0) is 72.3 Å². The summed E-state index contributed by atoms with van der Waals surface area (Å²) in [6.07, 6.45) is 1.39. The van der Waals surface area contributed by atoms with Crippen molar-refractivity contribution in [2.24, 2.45) is 0 Å². The summed E-state index contributed by atoms with van der Waals surface area (Å²) in [5.74, 6) is -0.594. The number of aromatic nitrogens is 3. The molecule has 10 nitrogen and oxygen atoms in total. The molecule has 0 bridgehead atoms. The van der Waals surface area contributed by atoms with E-state index in [1.54, 1.807) is 54.6 Å². The molecule has 1 aliphatic heterocycles. The van der Waals surface area contributed by atoms with E-state index in [1.807, 2.05) is 6.07 Å². The maximum Gasteiger partial charge on any atom is 0.323 e. The molecule has 222 valence electrons. The van der Waals surface area contributed by atoms with Gasteiger partial charge in [-0.25, -0.2) is 24.1 Å². The van der Waals surface area contributed by atoms with Gasteiger partial charge in [-0.1, -0.05) is 6.07 Å². The Balaban J connectivity index is 1.29. The van der Waals surface area contributed by atoms with Crippen molar-refractivity contribution in [2.75, 3.05) is 48.9 Å². The number of ether oxygens (including phenoxy) is 1. The van der Waals surface area contributed by atoms with Crippen LogP contribution in [0.2, 0.25) is 0 Å². The lowest BCUT2D eigenvalue weighted by molar-refractivity contribution is 0.0963. The number of anilines is 3. The third-order valence-electron chi connectivity index (χ3n) is 7.17. The van der Waals surface area contributed by atoms with Crippen LogP contribution >= 0.6 is 0 Å². The third-order valence-corrected chi connectivity index (χ3v) is 7.17. The summed E-state index contributed by atoms with van der Waals surface area (Å²) in [7, 11) is 1.53. The second kappa shape index (κ2) is 12.4. The van der Waals surface area contributed by atoms with Crippen LogP contribution < -0.4 is 20.9 Å². The normalized spacial score (nSPS) is 13.0. The van der Waals surface area contributed by atoms with Gasteiger partial charge in [0, 0.05) is 54.1 Å². The number of carbonyl (C=O) groups excluding carboxylic acids is 2. The highest BCUT2D eigenvalue weighted by Crippen LogP contribution is 2.33. The van der Waals surface area contributed by atoms with E-state index in [0.29, 0.717) is 65.6 Å². The van der Waals surface area contributed by atoms with E-state index in [2.05, 4.69) is 25.8 Å². The predicted octanol–water partition coefficient (Wildman–Crippen LogP) is 5.48. The molecule has 0 radical (unpaired) electrons. The standard InChI is InChI=1S/C32H27F2N7O3/c1-35-31(42)19-4-8-22(9-5-19)37-32(43)39-26-11-7-21(17-25(26)33)29-38-27-18-20(23-3-2-12-36-28(23)34)6-10-24(27)30(40-29)41-13-15-44-16-14-41/h2-12,17-18H,13-16H2,1H3,(H,35,42)(H2,37,39,43). The number of fused-ring (bicyclic) bond motifs is 1. The number of urea groups is 1. The summed E-state index contributed by atoms with van der Waals surface area (Å²) < 4.78 is 35.3. The van der Waals surface area contributed by atoms with Gasteiger partial charge in [0.2, 0.25) is 5.95 Å². The van der Waals surface area contributed by atoms with Crippen molar-refractivity contribution < 1.29 is 23.1 Å². The summed E-state index contributed by atoms with van der Waals surface area (Å²) in [4.78, 5) is 39.6. The van der Waals surface area contributed by atoms with E-state index in [4.69, 9.17) is 14.7 Å². The lowest BCUT2D eigenvalue weighted by atomic mass is 10.0. The minimum absolute atomic E-state index is 0.0447. The summed E-state index contributed by atoms with van der Waals surface area (Å²) in [5.41, 5.74) is 2.71. The highest BCUT2D eigenvalue weighted by Gasteiger charge is 2.20. The average Bonchev–Trinajstić information content (AvgIpc) is 3.05. The molecule has 5 aromatic rings. The van der Waals surface area contributed by atoms with Gasteiger partial charge >= 0.3 is 6.03 Å². The quantitative estimate of drug-likeness (QED) is 0.222. The van der Waals surface area contributed by atoms with Crippen molar-refractivity contribution in [2.45, 2.75) is 0 Å². The van der Waals surface area contributed by atoms with E-state index < -0.39 is 17.8 Å². The molecule has 0 spiro atoms. The van der Waals surface area contributed by atoms with Gasteiger partial charge in [-0.15, -0.1) is 0 Å². The number of benzene rings is 3. The third kappa shape index (κ3) is 6.01.